The molecule has 2 atom stereocenters. The highest BCUT2D eigenvalue weighted by Crippen LogP contribution is 2.35. The Morgan fingerprint density at radius 3 is 3.00 bits per heavy atom. The van der Waals surface area contributed by atoms with Gasteiger partial charge in [-0.05, 0) is 44.7 Å². The van der Waals surface area contributed by atoms with Gasteiger partial charge in [0.15, 0.2) is 0 Å². The molecule has 0 radical (unpaired) electrons. The lowest BCUT2D eigenvalue weighted by molar-refractivity contribution is -0.123. The Morgan fingerprint density at radius 1 is 1.32 bits per heavy atom. The van der Waals surface area contributed by atoms with Gasteiger partial charge in [0, 0.05) is 29.8 Å². The average molecular weight is 295 g/mol. The van der Waals surface area contributed by atoms with Crippen LogP contribution in [0.5, 0.6) is 0 Å². The number of amides is 1. The molecule has 1 aromatic carbocycles. The van der Waals surface area contributed by atoms with Crippen molar-refractivity contribution in [3.8, 4) is 0 Å². The first-order chi connectivity index (χ1) is 10.6. The van der Waals surface area contributed by atoms with Gasteiger partial charge in [-0.15, -0.1) is 0 Å². The van der Waals surface area contributed by atoms with Crippen molar-refractivity contribution in [2.75, 3.05) is 4.90 Å². The molecule has 4 rings (SSSR count). The van der Waals surface area contributed by atoms with Crippen LogP contribution >= 0.6 is 0 Å². The first-order valence-electron chi connectivity index (χ1n) is 8.09. The molecule has 0 bridgehead atoms. The zero-order valence-electron chi connectivity index (χ0n) is 13.1. The van der Waals surface area contributed by atoms with Gasteiger partial charge in [-0.2, -0.15) is 0 Å². The van der Waals surface area contributed by atoms with Crippen LogP contribution in [-0.4, -0.2) is 21.9 Å². The van der Waals surface area contributed by atoms with E-state index in [1.165, 1.54) is 5.56 Å². The lowest BCUT2D eigenvalue weighted by Gasteiger charge is -2.29. The summed E-state index contributed by atoms with van der Waals surface area (Å²) < 4.78 is 0. The number of imidazole rings is 1. The highest BCUT2D eigenvalue weighted by atomic mass is 16.2. The molecular weight excluding hydrogens is 274 g/mol. The SMILES string of the molecule is Cc1nc2c([nH]1)C[C@@H](C(=O)N1c3ccccc3C[C@H]1C)CC2. The Morgan fingerprint density at radius 2 is 2.14 bits per heavy atom. The zero-order valence-corrected chi connectivity index (χ0v) is 13.1. The summed E-state index contributed by atoms with van der Waals surface area (Å²) in [6, 6.07) is 8.55. The number of carbonyl (C=O) groups excluding carboxylic acids is 1. The van der Waals surface area contributed by atoms with E-state index in [1.807, 2.05) is 17.9 Å². The van der Waals surface area contributed by atoms with Gasteiger partial charge in [0.2, 0.25) is 5.91 Å². The third kappa shape index (κ3) is 2.05. The van der Waals surface area contributed by atoms with E-state index in [0.29, 0.717) is 0 Å². The predicted molar refractivity (Wildman–Crippen MR) is 85.9 cm³/mol. The number of H-pyrrole nitrogens is 1. The van der Waals surface area contributed by atoms with Gasteiger partial charge in [0.05, 0.1) is 5.69 Å². The van der Waals surface area contributed by atoms with Crippen LogP contribution in [0.25, 0.3) is 0 Å². The Hall–Kier alpha value is -2.10. The van der Waals surface area contributed by atoms with Crippen LogP contribution in [0.1, 0.15) is 36.1 Å². The normalized spacial score (nSPS) is 23.3. The van der Waals surface area contributed by atoms with E-state index in [4.69, 9.17) is 0 Å². The van der Waals surface area contributed by atoms with E-state index >= 15 is 0 Å². The molecule has 0 unspecified atom stereocenters. The molecule has 0 fully saturated rings. The van der Waals surface area contributed by atoms with Gasteiger partial charge < -0.3 is 9.88 Å². The fraction of sp³-hybridized carbons (Fsp3) is 0.444. The van der Waals surface area contributed by atoms with E-state index < -0.39 is 0 Å². The van der Waals surface area contributed by atoms with E-state index in [1.54, 1.807) is 0 Å². The average Bonchev–Trinajstić information content (AvgIpc) is 3.03. The van der Waals surface area contributed by atoms with Gasteiger partial charge in [0.25, 0.3) is 0 Å². The number of fused-ring (bicyclic) bond motifs is 2. The van der Waals surface area contributed by atoms with Gasteiger partial charge >= 0.3 is 0 Å². The van der Waals surface area contributed by atoms with Crippen LogP contribution in [0.4, 0.5) is 5.69 Å². The topological polar surface area (TPSA) is 49.0 Å². The third-order valence-electron chi connectivity index (χ3n) is 4.96. The maximum atomic E-state index is 13.1. The van der Waals surface area contributed by atoms with Crippen LogP contribution in [0.15, 0.2) is 24.3 Å². The molecule has 2 aliphatic rings. The third-order valence-corrected chi connectivity index (χ3v) is 4.96. The van der Waals surface area contributed by atoms with Crippen molar-refractivity contribution < 1.29 is 4.79 Å². The van der Waals surface area contributed by atoms with Crippen molar-refractivity contribution >= 4 is 11.6 Å². The number of benzene rings is 1. The van der Waals surface area contributed by atoms with Crippen molar-refractivity contribution in [3.05, 3.63) is 47.0 Å². The molecule has 1 amide bonds. The minimum Gasteiger partial charge on any atom is -0.346 e. The fourth-order valence-corrected chi connectivity index (χ4v) is 3.93. The minimum absolute atomic E-state index is 0.0703. The Kier molecular flexibility index (Phi) is 3.06. The number of carbonyl (C=O) groups is 1. The standard InChI is InChI=1S/C18H21N3O/c1-11-9-13-5-3-4-6-17(13)21(11)18(22)14-7-8-15-16(10-14)20-12(2)19-15/h3-6,11,14H,7-10H2,1-2H3,(H,19,20)/t11-,14+/m1/s1. The minimum atomic E-state index is 0.0703. The quantitative estimate of drug-likeness (QED) is 0.879. The Labute approximate surface area is 130 Å². The van der Waals surface area contributed by atoms with Crippen LogP contribution in [0.3, 0.4) is 0 Å². The van der Waals surface area contributed by atoms with Crippen LogP contribution < -0.4 is 4.90 Å². The number of nitrogens with zero attached hydrogens (tertiary/aromatic N) is 2. The van der Waals surface area contributed by atoms with Gasteiger partial charge in [-0.3, -0.25) is 4.79 Å². The molecule has 1 aliphatic heterocycles. The first-order valence-corrected chi connectivity index (χ1v) is 8.09. The van der Waals surface area contributed by atoms with E-state index in [-0.39, 0.29) is 17.9 Å². The monoisotopic (exact) mass is 295 g/mol. The molecule has 2 aromatic rings. The molecule has 1 aromatic heterocycles. The summed E-state index contributed by atoms with van der Waals surface area (Å²) >= 11 is 0. The largest absolute Gasteiger partial charge is 0.346 e. The molecule has 1 N–H and O–H groups in total. The number of hydrogen-bond donors (Lipinski definition) is 1. The van der Waals surface area contributed by atoms with E-state index in [0.717, 1.165) is 48.6 Å². The van der Waals surface area contributed by atoms with Crippen LogP contribution in [-0.2, 0) is 24.1 Å². The zero-order chi connectivity index (χ0) is 15.3. The number of aryl methyl sites for hydroxylation is 2. The summed E-state index contributed by atoms with van der Waals surface area (Å²) in [5, 5.41) is 0. The molecule has 22 heavy (non-hydrogen) atoms. The highest BCUT2D eigenvalue weighted by Gasteiger charge is 2.36. The molecule has 0 spiro atoms. The number of aromatic amines is 1. The molecule has 4 nitrogen and oxygen atoms in total. The van der Waals surface area contributed by atoms with Gasteiger partial charge in [-0.25, -0.2) is 4.98 Å². The number of aromatic nitrogens is 2. The molecule has 0 saturated carbocycles. The summed E-state index contributed by atoms with van der Waals surface area (Å²) in [5.74, 6) is 1.30. The fourth-order valence-electron chi connectivity index (χ4n) is 3.93. The molecule has 1 aliphatic carbocycles. The first kappa shape index (κ1) is 13.6. The Balaban J connectivity index is 1.60. The van der Waals surface area contributed by atoms with Crippen molar-refractivity contribution in [1.29, 1.82) is 0 Å². The van der Waals surface area contributed by atoms with Gasteiger partial charge in [-0.1, -0.05) is 18.2 Å². The van der Waals surface area contributed by atoms with Crippen LogP contribution in [0.2, 0.25) is 0 Å². The van der Waals surface area contributed by atoms with Crippen molar-refractivity contribution in [2.24, 2.45) is 5.92 Å². The molecule has 0 saturated heterocycles. The molecule has 114 valence electrons. The maximum absolute atomic E-state index is 13.1. The summed E-state index contributed by atoms with van der Waals surface area (Å²) in [6.07, 6.45) is 3.56. The predicted octanol–water partition coefficient (Wildman–Crippen LogP) is 2.80. The lowest BCUT2D eigenvalue weighted by Crippen LogP contribution is -2.41. The molecule has 4 heteroatoms. The second-order valence-corrected chi connectivity index (χ2v) is 6.58. The molecular formula is C18H21N3O. The van der Waals surface area contributed by atoms with Crippen molar-refractivity contribution in [3.63, 3.8) is 0 Å². The summed E-state index contributed by atoms with van der Waals surface area (Å²) in [6.45, 7) is 4.13. The number of hydrogen-bond acceptors (Lipinski definition) is 2. The summed E-state index contributed by atoms with van der Waals surface area (Å²) in [5.41, 5.74) is 4.70. The lowest BCUT2D eigenvalue weighted by atomic mass is 9.88. The molecule has 2 heterocycles. The smallest absolute Gasteiger partial charge is 0.230 e. The van der Waals surface area contributed by atoms with E-state index in [9.17, 15) is 4.79 Å². The number of nitrogens with one attached hydrogen (secondary N) is 1. The van der Waals surface area contributed by atoms with Gasteiger partial charge in [0.1, 0.15) is 5.82 Å². The van der Waals surface area contributed by atoms with Crippen LogP contribution in [0, 0.1) is 12.8 Å². The highest BCUT2D eigenvalue weighted by molar-refractivity contribution is 5.97. The van der Waals surface area contributed by atoms with Crippen molar-refractivity contribution in [2.45, 2.75) is 45.6 Å². The Bertz CT molecular complexity index is 734. The van der Waals surface area contributed by atoms with Crippen molar-refractivity contribution in [1.82, 2.24) is 9.97 Å². The summed E-state index contributed by atoms with van der Waals surface area (Å²) in [4.78, 5) is 22.9. The summed E-state index contributed by atoms with van der Waals surface area (Å²) in [7, 11) is 0. The second-order valence-electron chi connectivity index (χ2n) is 6.58. The number of anilines is 1. The number of rotatable bonds is 1. The second kappa shape index (κ2) is 4.97. The maximum Gasteiger partial charge on any atom is 0.230 e. The van der Waals surface area contributed by atoms with E-state index in [2.05, 4.69) is 35.1 Å². The number of para-hydroxylation sites is 1.